The van der Waals surface area contributed by atoms with Crippen LogP contribution in [0.1, 0.15) is 33.1 Å². The third-order valence-electron chi connectivity index (χ3n) is 3.12. The molecular formula is C12H24F2N2. The van der Waals surface area contributed by atoms with Crippen molar-refractivity contribution in [1.82, 2.24) is 10.2 Å². The third kappa shape index (κ3) is 5.21. The quantitative estimate of drug-likeness (QED) is 0.759. The Balaban J connectivity index is 2.29. The maximum atomic E-state index is 12.1. The lowest BCUT2D eigenvalue weighted by atomic mass is 9.95. The second-order valence-electron chi connectivity index (χ2n) is 4.95. The standard InChI is InChI=1S/C12H24F2N2/c1-3-4-5-16-8-10(2)6-11(9-16)15-7-12(13)14/h10-12,15H,3-9H2,1-2H3. The van der Waals surface area contributed by atoms with E-state index in [-0.39, 0.29) is 12.6 Å². The molecule has 0 spiro atoms. The monoisotopic (exact) mass is 234 g/mol. The molecule has 0 aromatic heterocycles. The number of nitrogens with one attached hydrogen (secondary N) is 1. The summed E-state index contributed by atoms with van der Waals surface area (Å²) < 4.78 is 24.2. The first kappa shape index (κ1) is 13.8. The van der Waals surface area contributed by atoms with Gasteiger partial charge in [-0.2, -0.15) is 0 Å². The third-order valence-corrected chi connectivity index (χ3v) is 3.12. The molecule has 1 fully saturated rings. The van der Waals surface area contributed by atoms with Crippen molar-refractivity contribution in [3.63, 3.8) is 0 Å². The molecule has 96 valence electrons. The average molecular weight is 234 g/mol. The van der Waals surface area contributed by atoms with Crippen LogP contribution in [0.25, 0.3) is 0 Å². The number of alkyl halides is 2. The Labute approximate surface area is 97.4 Å². The van der Waals surface area contributed by atoms with Crippen LogP contribution in [0.15, 0.2) is 0 Å². The van der Waals surface area contributed by atoms with Crippen molar-refractivity contribution in [3.05, 3.63) is 0 Å². The van der Waals surface area contributed by atoms with Gasteiger partial charge in [-0.15, -0.1) is 0 Å². The van der Waals surface area contributed by atoms with E-state index in [0.717, 1.165) is 26.1 Å². The van der Waals surface area contributed by atoms with Crippen molar-refractivity contribution < 1.29 is 8.78 Å². The van der Waals surface area contributed by atoms with Gasteiger partial charge < -0.3 is 10.2 Å². The van der Waals surface area contributed by atoms with Crippen molar-refractivity contribution in [3.8, 4) is 0 Å². The molecule has 1 aliphatic rings. The molecule has 2 nitrogen and oxygen atoms in total. The highest BCUT2D eigenvalue weighted by Crippen LogP contribution is 2.16. The molecule has 0 aliphatic carbocycles. The van der Waals surface area contributed by atoms with E-state index in [1.54, 1.807) is 0 Å². The lowest BCUT2D eigenvalue weighted by Crippen LogP contribution is -2.49. The number of piperidine rings is 1. The van der Waals surface area contributed by atoms with Gasteiger partial charge >= 0.3 is 0 Å². The van der Waals surface area contributed by atoms with Crippen molar-refractivity contribution in [2.24, 2.45) is 5.92 Å². The minimum atomic E-state index is -2.23. The summed E-state index contributed by atoms with van der Waals surface area (Å²) in [7, 11) is 0. The van der Waals surface area contributed by atoms with Gasteiger partial charge in [0, 0.05) is 19.1 Å². The molecule has 1 heterocycles. The molecule has 0 bridgehead atoms. The summed E-state index contributed by atoms with van der Waals surface area (Å²) in [4.78, 5) is 2.40. The number of nitrogens with zero attached hydrogens (tertiary/aromatic N) is 1. The number of likely N-dealkylation sites (tertiary alicyclic amines) is 1. The van der Waals surface area contributed by atoms with Gasteiger partial charge in [0.1, 0.15) is 0 Å². The van der Waals surface area contributed by atoms with Gasteiger partial charge in [-0.1, -0.05) is 20.3 Å². The second-order valence-corrected chi connectivity index (χ2v) is 4.95. The van der Waals surface area contributed by atoms with E-state index in [1.807, 2.05) is 0 Å². The van der Waals surface area contributed by atoms with Gasteiger partial charge in [-0.05, 0) is 25.3 Å². The Bertz CT molecular complexity index is 188. The normalized spacial score (nSPS) is 27.6. The molecule has 2 atom stereocenters. The minimum Gasteiger partial charge on any atom is -0.307 e. The Hall–Kier alpha value is -0.220. The summed E-state index contributed by atoms with van der Waals surface area (Å²) in [6, 6.07) is 0.245. The van der Waals surface area contributed by atoms with Gasteiger partial charge in [-0.3, -0.25) is 0 Å². The Morgan fingerprint density at radius 1 is 1.38 bits per heavy atom. The van der Waals surface area contributed by atoms with E-state index < -0.39 is 6.43 Å². The largest absolute Gasteiger partial charge is 0.307 e. The number of halogens is 2. The zero-order chi connectivity index (χ0) is 12.0. The molecule has 16 heavy (non-hydrogen) atoms. The van der Waals surface area contributed by atoms with Crippen LogP contribution in [0.5, 0.6) is 0 Å². The topological polar surface area (TPSA) is 15.3 Å². The number of rotatable bonds is 6. The van der Waals surface area contributed by atoms with E-state index in [4.69, 9.17) is 0 Å². The van der Waals surface area contributed by atoms with E-state index in [9.17, 15) is 8.78 Å². The summed E-state index contributed by atoms with van der Waals surface area (Å²) in [5.41, 5.74) is 0. The maximum Gasteiger partial charge on any atom is 0.250 e. The van der Waals surface area contributed by atoms with Gasteiger partial charge in [0.15, 0.2) is 0 Å². The predicted octanol–water partition coefficient (Wildman–Crippen LogP) is 2.35. The molecule has 0 amide bonds. The first-order valence-corrected chi connectivity index (χ1v) is 6.35. The maximum absolute atomic E-state index is 12.1. The van der Waals surface area contributed by atoms with E-state index >= 15 is 0 Å². The highest BCUT2D eigenvalue weighted by molar-refractivity contribution is 4.81. The molecule has 2 unspecified atom stereocenters. The van der Waals surface area contributed by atoms with Gasteiger partial charge in [0.25, 0.3) is 6.43 Å². The number of hydrogen-bond acceptors (Lipinski definition) is 2. The van der Waals surface area contributed by atoms with Crippen molar-refractivity contribution in [2.75, 3.05) is 26.2 Å². The van der Waals surface area contributed by atoms with Crippen LogP contribution in [-0.2, 0) is 0 Å². The summed E-state index contributed by atoms with van der Waals surface area (Å²) in [6.07, 6.45) is 1.19. The molecule has 0 aromatic carbocycles. The molecule has 1 aliphatic heterocycles. The molecule has 1 N–H and O–H groups in total. The lowest BCUT2D eigenvalue weighted by Gasteiger charge is -2.37. The first-order chi connectivity index (χ1) is 7.61. The molecule has 4 heteroatoms. The highest BCUT2D eigenvalue weighted by atomic mass is 19.3. The highest BCUT2D eigenvalue weighted by Gasteiger charge is 2.24. The SMILES string of the molecule is CCCCN1CC(C)CC(NCC(F)F)C1. The number of hydrogen-bond donors (Lipinski definition) is 1. The van der Waals surface area contributed by atoms with Crippen LogP contribution < -0.4 is 5.32 Å². The second kappa shape index (κ2) is 7.17. The fourth-order valence-electron chi connectivity index (χ4n) is 2.43. The summed E-state index contributed by atoms with van der Waals surface area (Å²) in [5.74, 6) is 0.612. The summed E-state index contributed by atoms with van der Waals surface area (Å²) >= 11 is 0. The summed E-state index contributed by atoms with van der Waals surface area (Å²) in [5, 5.41) is 2.97. The van der Waals surface area contributed by atoms with Gasteiger partial charge in [-0.25, -0.2) is 8.78 Å². The Morgan fingerprint density at radius 3 is 2.75 bits per heavy atom. The van der Waals surface area contributed by atoms with Crippen LogP contribution in [-0.4, -0.2) is 43.5 Å². The fourth-order valence-corrected chi connectivity index (χ4v) is 2.43. The summed E-state index contributed by atoms with van der Waals surface area (Å²) in [6.45, 7) is 7.37. The van der Waals surface area contributed by atoms with Crippen molar-refractivity contribution in [2.45, 2.75) is 45.6 Å². The van der Waals surface area contributed by atoms with Crippen LogP contribution in [0, 0.1) is 5.92 Å². The first-order valence-electron chi connectivity index (χ1n) is 6.35. The van der Waals surface area contributed by atoms with Crippen LogP contribution in [0.2, 0.25) is 0 Å². The lowest BCUT2D eigenvalue weighted by molar-refractivity contribution is 0.112. The molecular weight excluding hydrogens is 210 g/mol. The average Bonchev–Trinajstić information content (AvgIpc) is 2.23. The van der Waals surface area contributed by atoms with Crippen LogP contribution >= 0.6 is 0 Å². The predicted molar refractivity (Wildman–Crippen MR) is 62.9 cm³/mol. The molecule has 1 saturated heterocycles. The zero-order valence-corrected chi connectivity index (χ0v) is 10.4. The van der Waals surface area contributed by atoms with E-state index in [1.165, 1.54) is 12.8 Å². The van der Waals surface area contributed by atoms with Gasteiger partial charge in [0.05, 0.1) is 6.54 Å². The smallest absolute Gasteiger partial charge is 0.250 e. The van der Waals surface area contributed by atoms with Crippen molar-refractivity contribution >= 4 is 0 Å². The van der Waals surface area contributed by atoms with Crippen molar-refractivity contribution in [1.29, 1.82) is 0 Å². The zero-order valence-electron chi connectivity index (χ0n) is 10.4. The van der Waals surface area contributed by atoms with Gasteiger partial charge in [0.2, 0.25) is 0 Å². The fraction of sp³-hybridized carbons (Fsp3) is 1.00. The molecule has 0 saturated carbocycles. The van der Waals surface area contributed by atoms with Crippen LogP contribution in [0.4, 0.5) is 8.78 Å². The molecule has 0 aromatic rings. The Kier molecular flexibility index (Phi) is 6.21. The number of unbranched alkanes of at least 4 members (excludes halogenated alkanes) is 1. The Morgan fingerprint density at radius 2 is 2.12 bits per heavy atom. The molecule has 1 rings (SSSR count). The van der Waals surface area contributed by atoms with E-state index in [2.05, 4.69) is 24.1 Å². The minimum absolute atomic E-state index is 0.168. The molecule has 0 radical (unpaired) electrons. The van der Waals surface area contributed by atoms with E-state index in [0.29, 0.717) is 5.92 Å². The van der Waals surface area contributed by atoms with Crippen LogP contribution in [0.3, 0.4) is 0 Å².